The SMILES string of the molecule is COC(=O)C(C)(C)C(Nc1ccccc1O)c1ccc(C)cc1. The Balaban J connectivity index is 2.45. The Bertz CT molecular complexity index is 677. The third kappa shape index (κ3) is 3.65. The average molecular weight is 313 g/mol. The molecule has 0 bridgehead atoms. The zero-order chi connectivity index (χ0) is 17.0. The molecule has 0 saturated carbocycles. The van der Waals surface area contributed by atoms with E-state index in [1.54, 1.807) is 18.2 Å². The fraction of sp³-hybridized carbons (Fsp3) is 0.316. The van der Waals surface area contributed by atoms with E-state index in [-0.39, 0.29) is 17.8 Å². The van der Waals surface area contributed by atoms with Crippen molar-refractivity contribution in [3.05, 3.63) is 59.7 Å². The number of para-hydroxylation sites is 2. The molecule has 0 aliphatic rings. The van der Waals surface area contributed by atoms with Gasteiger partial charge in [-0.15, -0.1) is 0 Å². The van der Waals surface area contributed by atoms with Crippen LogP contribution in [-0.2, 0) is 9.53 Å². The summed E-state index contributed by atoms with van der Waals surface area (Å²) in [6, 6.07) is 14.6. The van der Waals surface area contributed by atoms with Gasteiger partial charge < -0.3 is 15.2 Å². The second-order valence-corrected chi connectivity index (χ2v) is 6.22. The van der Waals surface area contributed by atoms with Gasteiger partial charge in [0.2, 0.25) is 0 Å². The number of hydrogen-bond acceptors (Lipinski definition) is 4. The maximum atomic E-state index is 12.3. The molecule has 2 aromatic rings. The van der Waals surface area contributed by atoms with Crippen molar-refractivity contribution in [2.75, 3.05) is 12.4 Å². The number of nitrogens with one attached hydrogen (secondary N) is 1. The zero-order valence-electron chi connectivity index (χ0n) is 14.0. The van der Waals surface area contributed by atoms with Crippen LogP contribution in [0.2, 0.25) is 0 Å². The quantitative estimate of drug-likeness (QED) is 0.646. The number of rotatable bonds is 5. The topological polar surface area (TPSA) is 58.6 Å². The normalized spacial score (nSPS) is 12.5. The molecule has 23 heavy (non-hydrogen) atoms. The van der Waals surface area contributed by atoms with Crippen molar-refractivity contribution in [1.29, 1.82) is 0 Å². The molecule has 4 nitrogen and oxygen atoms in total. The van der Waals surface area contributed by atoms with Crippen LogP contribution in [-0.4, -0.2) is 18.2 Å². The number of carbonyl (C=O) groups is 1. The number of esters is 1. The Morgan fingerprint density at radius 2 is 1.74 bits per heavy atom. The van der Waals surface area contributed by atoms with E-state index in [0.29, 0.717) is 5.69 Å². The first-order valence-corrected chi connectivity index (χ1v) is 7.55. The van der Waals surface area contributed by atoms with Gasteiger partial charge in [0.1, 0.15) is 5.75 Å². The summed E-state index contributed by atoms with van der Waals surface area (Å²) >= 11 is 0. The molecule has 4 heteroatoms. The number of aromatic hydroxyl groups is 1. The summed E-state index contributed by atoms with van der Waals surface area (Å²) in [7, 11) is 1.39. The summed E-state index contributed by atoms with van der Waals surface area (Å²) in [4.78, 5) is 12.3. The number of aryl methyl sites for hydroxylation is 1. The van der Waals surface area contributed by atoms with E-state index in [9.17, 15) is 9.90 Å². The highest BCUT2D eigenvalue weighted by atomic mass is 16.5. The van der Waals surface area contributed by atoms with Gasteiger partial charge >= 0.3 is 5.97 Å². The van der Waals surface area contributed by atoms with E-state index in [1.165, 1.54) is 7.11 Å². The molecule has 2 rings (SSSR count). The predicted octanol–water partition coefficient (Wildman–Crippen LogP) is 4.05. The van der Waals surface area contributed by atoms with Gasteiger partial charge in [0.05, 0.1) is 24.3 Å². The Hall–Kier alpha value is -2.49. The van der Waals surface area contributed by atoms with Crippen LogP contribution in [0.3, 0.4) is 0 Å². The largest absolute Gasteiger partial charge is 0.506 e. The number of benzene rings is 2. The van der Waals surface area contributed by atoms with Crippen LogP contribution in [0.1, 0.15) is 31.0 Å². The van der Waals surface area contributed by atoms with Gasteiger partial charge in [-0.2, -0.15) is 0 Å². The molecular formula is C19H23NO3. The molecule has 0 saturated heterocycles. The number of phenolic OH excluding ortho intramolecular Hbond substituents is 1. The Morgan fingerprint density at radius 1 is 1.13 bits per heavy atom. The van der Waals surface area contributed by atoms with Gasteiger partial charge in [0.25, 0.3) is 0 Å². The molecule has 1 atom stereocenters. The fourth-order valence-corrected chi connectivity index (χ4v) is 2.57. The molecule has 0 heterocycles. The van der Waals surface area contributed by atoms with E-state index in [1.807, 2.05) is 51.1 Å². The Kier molecular flexibility index (Phi) is 4.94. The minimum atomic E-state index is -0.813. The van der Waals surface area contributed by atoms with Crippen LogP contribution in [0.5, 0.6) is 5.75 Å². The highest BCUT2D eigenvalue weighted by Crippen LogP contribution is 2.39. The minimum absolute atomic E-state index is 0.144. The van der Waals surface area contributed by atoms with E-state index < -0.39 is 5.41 Å². The van der Waals surface area contributed by atoms with Crippen molar-refractivity contribution in [2.45, 2.75) is 26.8 Å². The lowest BCUT2D eigenvalue weighted by Crippen LogP contribution is -2.36. The smallest absolute Gasteiger partial charge is 0.313 e. The highest BCUT2D eigenvalue weighted by Gasteiger charge is 2.39. The molecule has 0 aliphatic heterocycles. The molecule has 0 amide bonds. The predicted molar refractivity (Wildman–Crippen MR) is 91.4 cm³/mol. The molecule has 0 radical (unpaired) electrons. The summed E-state index contributed by atoms with van der Waals surface area (Å²) in [5.41, 5.74) is 1.86. The minimum Gasteiger partial charge on any atom is -0.506 e. The van der Waals surface area contributed by atoms with E-state index >= 15 is 0 Å². The first-order chi connectivity index (χ1) is 10.9. The van der Waals surface area contributed by atoms with Crippen molar-refractivity contribution in [1.82, 2.24) is 0 Å². The lowest BCUT2D eigenvalue weighted by Gasteiger charge is -2.33. The molecule has 2 aromatic carbocycles. The summed E-state index contributed by atoms with van der Waals surface area (Å²) in [6.07, 6.45) is 0. The second kappa shape index (κ2) is 6.73. The summed E-state index contributed by atoms with van der Waals surface area (Å²) in [6.45, 7) is 5.67. The molecule has 0 aliphatic carbocycles. The van der Waals surface area contributed by atoms with Gasteiger partial charge in [-0.25, -0.2) is 0 Å². The Labute approximate surface area is 137 Å². The maximum Gasteiger partial charge on any atom is 0.313 e. The van der Waals surface area contributed by atoms with Crippen LogP contribution in [0.15, 0.2) is 48.5 Å². The summed E-state index contributed by atoms with van der Waals surface area (Å²) in [5.74, 6) is -0.170. The van der Waals surface area contributed by atoms with Gasteiger partial charge in [-0.05, 0) is 38.5 Å². The monoisotopic (exact) mass is 313 g/mol. The Morgan fingerprint density at radius 3 is 2.30 bits per heavy atom. The summed E-state index contributed by atoms with van der Waals surface area (Å²) < 4.78 is 4.97. The van der Waals surface area contributed by atoms with Crippen LogP contribution >= 0.6 is 0 Å². The van der Waals surface area contributed by atoms with Crippen LogP contribution in [0, 0.1) is 12.3 Å². The van der Waals surface area contributed by atoms with Crippen molar-refractivity contribution in [2.24, 2.45) is 5.41 Å². The third-order valence-corrected chi connectivity index (χ3v) is 4.05. The third-order valence-electron chi connectivity index (χ3n) is 4.05. The van der Waals surface area contributed by atoms with Crippen molar-refractivity contribution >= 4 is 11.7 Å². The van der Waals surface area contributed by atoms with E-state index in [2.05, 4.69) is 5.32 Å². The average Bonchev–Trinajstić information content (AvgIpc) is 2.54. The number of carbonyl (C=O) groups excluding carboxylic acids is 1. The number of ether oxygens (including phenoxy) is 1. The fourth-order valence-electron chi connectivity index (χ4n) is 2.57. The van der Waals surface area contributed by atoms with Crippen molar-refractivity contribution in [3.63, 3.8) is 0 Å². The zero-order valence-corrected chi connectivity index (χ0v) is 14.0. The van der Waals surface area contributed by atoms with Gasteiger partial charge in [-0.3, -0.25) is 4.79 Å². The standard InChI is InChI=1S/C19H23NO3/c1-13-9-11-14(12-10-13)17(19(2,3)18(22)23-4)20-15-7-5-6-8-16(15)21/h5-12,17,20-21H,1-4H3. The highest BCUT2D eigenvalue weighted by molar-refractivity contribution is 5.78. The molecule has 0 aromatic heterocycles. The lowest BCUT2D eigenvalue weighted by atomic mass is 9.80. The van der Waals surface area contributed by atoms with Crippen LogP contribution in [0.25, 0.3) is 0 Å². The van der Waals surface area contributed by atoms with Gasteiger partial charge in [0.15, 0.2) is 0 Å². The van der Waals surface area contributed by atoms with Gasteiger partial charge in [0, 0.05) is 0 Å². The number of methoxy groups -OCH3 is 1. The molecule has 0 spiro atoms. The number of phenols is 1. The summed E-state index contributed by atoms with van der Waals surface area (Å²) in [5, 5.41) is 13.3. The van der Waals surface area contributed by atoms with Crippen molar-refractivity contribution < 1.29 is 14.6 Å². The number of anilines is 1. The first kappa shape index (κ1) is 16.9. The molecule has 1 unspecified atom stereocenters. The van der Waals surface area contributed by atoms with Gasteiger partial charge in [-0.1, -0.05) is 42.0 Å². The molecule has 122 valence electrons. The molecular weight excluding hydrogens is 290 g/mol. The van der Waals surface area contributed by atoms with E-state index in [0.717, 1.165) is 11.1 Å². The second-order valence-electron chi connectivity index (χ2n) is 6.22. The first-order valence-electron chi connectivity index (χ1n) is 7.55. The van der Waals surface area contributed by atoms with Crippen LogP contribution < -0.4 is 5.32 Å². The maximum absolute atomic E-state index is 12.3. The lowest BCUT2D eigenvalue weighted by molar-refractivity contribution is -0.151. The number of hydrogen-bond donors (Lipinski definition) is 2. The van der Waals surface area contributed by atoms with Crippen LogP contribution in [0.4, 0.5) is 5.69 Å². The van der Waals surface area contributed by atoms with Crippen molar-refractivity contribution in [3.8, 4) is 5.75 Å². The molecule has 0 fully saturated rings. The van der Waals surface area contributed by atoms with E-state index in [4.69, 9.17) is 4.74 Å². The molecule has 2 N–H and O–H groups in total.